The number of hydrogen-bond donors (Lipinski definition) is 1. The molecule has 1 amide bonds. The highest BCUT2D eigenvalue weighted by Gasteiger charge is 2.34. The van der Waals surface area contributed by atoms with Gasteiger partial charge < -0.3 is 9.84 Å². The number of anilines is 1. The van der Waals surface area contributed by atoms with Gasteiger partial charge in [0.15, 0.2) is 5.82 Å². The number of hydrogen-bond acceptors (Lipinski definition) is 5. The first-order valence-corrected chi connectivity index (χ1v) is 10.7. The molecule has 1 saturated carbocycles. The van der Waals surface area contributed by atoms with Crippen LogP contribution >= 0.6 is 11.6 Å². The van der Waals surface area contributed by atoms with Crippen molar-refractivity contribution in [3.8, 4) is 0 Å². The average molecular weight is 412 g/mol. The zero-order valence-corrected chi connectivity index (χ0v) is 16.6. The van der Waals surface area contributed by atoms with Crippen molar-refractivity contribution in [3.05, 3.63) is 41.1 Å². The van der Waals surface area contributed by atoms with Crippen LogP contribution in [0.15, 0.2) is 39.8 Å². The number of aryl methyl sites for hydroxylation is 1. The number of nitrogens with zero attached hydrogens (tertiary/aromatic N) is 2. The minimum atomic E-state index is -3.83. The van der Waals surface area contributed by atoms with Gasteiger partial charge in [-0.25, -0.2) is 8.42 Å². The van der Waals surface area contributed by atoms with E-state index in [0.717, 1.165) is 32.1 Å². The number of nitrogens with one attached hydrogen (secondary N) is 1. The monoisotopic (exact) mass is 411 g/mol. The Morgan fingerprint density at radius 3 is 2.52 bits per heavy atom. The van der Waals surface area contributed by atoms with Crippen LogP contribution in [0, 0.1) is 6.92 Å². The van der Waals surface area contributed by atoms with E-state index in [9.17, 15) is 13.2 Å². The highest BCUT2D eigenvalue weighted by Crippen LogP contribution is 2.28. The molecule has 3 rings (SSSR count). The van der Waals surface area contributed by atoms with Gasteiger partial charge in [-0.3, -0.25) is 4.79 Å². The molecule has 1 N–H and O–H groups in total. The fourth-order valence-corrected chi connectivity index (χ4v) is 5.04. The molecule has 146 valence electrons. The maximum absolute atomic E-state index is 13.2. The van der Waals surface area contributed by atoms with Crippen LogP contribution in [0.3, 0.4) is 0 Å². The van der Waals surface area contributed by atoms with Crippen molar-refractivity contribution >= 4 is 33.3 Å². The first-order chi connectivity index (χ1) is 12.9. The Morgan fingerprint density at radius 2 is 1.93 bits per heavy atom. The van der Waals surface area contributed by atoms with Crippen molar-refractivity contribution < 1.29 is 17.7 Å². The molecule has 0 radical (unpaired) electrons. The van der Waals surface area contributed by atoms with E-state index in [0.29, 0.717) is 10.8 Å². The summed E-state index contributed by atoms with van der Waals surface area (Å²) in [6.45, 7) is 1.43. The number of carbonyl (C=O) groups excluding carboxylic acids is 1. The minimum absolute atomic E-state index is 0.127. The number of aromatic nitrogens is 1. The number of carbonyl (C=O) groups is 1. The molecular weight excluding hydrogens is 390 g/mol. The van der Waals surface area contributed by atoms with Gasteiger partial charge in [0.25, 0.3) is 0 Å². The molecule has 0 aliphatic heterocycles. The van der Waals surface area contributed by atoms with E-state index >= 15 is 0 Å². The normalized spacial score (nSPS) is 15.8. The van der Waals surface area contributed by atoms with Gasteiger partial charge in [-0.1, -0.05) is 36.0 Å². The van der Waals surface area contributed by atoms with Crippen molar-refractivity contribution in [2.24, 2.45) is 0 Å². The highest BCUT2D eigenvalue weighted by molar-refractivity contribution is 7.89. The van der Waals surface area contributed by atoms with Gasteiger partial charge in [-0.15, -0.1) is 0 Å². The summed E-state index contributed by atoms with van der Waals surface area (Å²) in [5.74, 6) is 0.375. The number of sulfonamides is 1. The van der Waals surface area contributed by atoms with Crippen LogP contribution in [-0.2, 0) is 14.8 Å². The molecule has 1 aliphatic rings. The minimum Gasteiger partial charge on any atom is -0.360 e. The van der Waals surface area contributed by atoms with E-state index in [-0.39, 0.29) is 23.3 Å². The molecule has 0 atom stereocenters. The summed E-state index contributed by atoms with van der Waals surface area (Å²) in [4.78, 5) is 12.6. The van der Waals surface area contributed by atoms with Crippen molar-refractivity contribution in [3.63, 3.8) is 0 Å². The van der Waals surface area contributed by atoms with Crippen LogP contribution in [0.2, 0.25) is 5.02 Å². The second-order valence-electron chi connectivity index (χ2n) is 6.67. The topological polar surface area (TPSA) is 92.5 Å². The molecule has 0 spiro atoms. The predicted octanol–water partition coefficient (Wildman–Crippen LogP) is 3.60. The Bertz CT molecular complexity index is 890. The molecular formula is C18H22ClN3O4S. The smallest absolute Gasteiger partial charge is 0.243 e. The van der Waals surface area contributed by atoms with Crippen LogP contribution < -0.4 is 5.32 Å². The summed E-state index contributed by atoms with van der Waals surface area (Å²) in [6, 6.07) is 7.37. The quantitative estimate of drug-likeness (QED) is 0.783. The molecule has 7 nitrogen and oxygen atoms in total. The SMILES string of the molecule is Cc1cc(NC(=O)CN(C2CCCCC2)S(=O)(=O)c2ccc(Cl)cc2)no1. The summed E-state index contributed by atoms with van der Waals surface area (Å²) < 4.78 is 32.6. The van der Waals surface area contributed by atoms with Crippen LogP contribution in [-0.4, -0.2) is 36.4 Å². The summed E-state index contributed by atoms with van der Waals surface area (Å²) in [6.07, 6.45) is 4.45. The van der Waals surface area contributed by atoms with E-state index in [2.05, 4.69) is 10.5 Å². The van der Waals surface area contributed by atoms with Gasteiger partial charge in [-0.05, 0) is 44.0 Å². The number of amides is 1. The second kappa shape index (κ2) is 8.41. The van der Waals surface area contributed by atoms with Crippen LogP contribution in [0.25, 0.3) is 0 Å². The van der Waals surface area contributed by atoms with Gasteiger partial charge >= 0.3 is 0 Å². The molecule has 1 fully saturated rings. The maximum atomic E-state index is 13.2. The van der Waals surface area contributed by atoms with Crippen molar-refractivity contribution in [1.82, 2.24) is 9.46 Å². The summed E-state index contributed by atoms with van der Waals surface area (Å²) in [7, 11) is -3.83. The first kappa shape index (κ1) is 19.9. The molecule has 2 aromatic rings. The Hall–Kier alpha value is -1.90. The zero-order valence-electron chi connectivity index (χ0n) is 15.0. The van der Waals surface area contributed by atoms with Crippen LogP contribution in [0.1, 0.15) is 37.9 Å². The van der Waals surface area contributed by atoms with E-state index in [1.807, 2.05) is 0 Å². The molecule has 1 aromatic carbocycles. The summed E-state index contributed by atoms with van der Waals surface area (Å²) >= 11 is 5.88. The second-order valence-corrected chi connectivity index (χ2v) is 8.99. The zero-order chi connectivity index (χ0) is 19.4. The van der Waals surface area contributed by atoms with E-state index in [1.165, 1.54) is 28.6 Å². The number of benzene rings is 1. The Morgan fingerprint density at radius 1 is 1.26 bits per heavy atom. The van der Waals surface area contributed by atoms with Gasteiger partial charge in [0, 0.05) is 17.1 Å². The Balaban J connectivity index is 1.83. The summed E-state index contributed by atoms with van der Waals surface area (Å²) in [5.41, 5.74) is 0. The molecule has 0 unspecified atom stereocenters. The van der Waals surface area contributed by atoms with Gasteiger partial charge in [0.2, 0.25) is 15.9 Å². The standard InChI is InChI=1S/C18H22ClN3O4S/c1-13-11-17(21-26-13)20-18(23)12-22(15-5-3-2-4-6-15)27(24,25)16-9-7-14(19)8-10-16/h7-11,15H,2-6,12H2,1H3,(H,20,21,23). The van der Waals surface area contributed by atoms with E-state index in [4.69, 9.17) is 16.1 Å². The van der Waals surface area contributed by atoms with Crippen molar-refractivity contribution in [1.29, 1.82) is 0 Å². The van der Waals surface area contributed by atoms with Gasteiger partial charge in [-0.2, -0.15) is 4.31 Å². The largest absolute Gasteiger partial charge is 0.360 e. The van der Waals surface area contributed by atoms with Crippen molar-refractivity contribution in [2.75, 3.05) is 11.9 Å². The Kier molecular flexibility index (Phi) is 6.18. The molecule has 0 saturated heterocycles. The lowest BCUT2D eigenvalue weighted by Crippen LogP contribution is -2.45. The van der Waals surface area contributed by atoms with Gasteiger partial charge in [0.05, 0.1) is 11.4 Å². The molecule has 1 aromatic heterocycles. The lowest BCUT2D eigenvalue weighted by atomic mass is 9.95. The molecule has 9 heteroatoms. The molecule has 1 aliphatic carbocycles. The summed E-state index contributed by atoms with van der Waals surface area (Å²) in [5, 5.41) is 6.77. The van der Waals surface area contributed by atoms with Gasteiger partial charge in [0.1, 0.15) is 5.76 Å². The molecule has 0 bridgehead atoms. The fraction of sp³-hybridized carbons (Fsp3) is 0.444. The molecule has 27 heavy (non-hydrogen) atoms. The lowest BCUT2D eigenvalue weighted by molar-refractivity contribution is -0.116. The third-order valence-corrected chi connectivity index (χ3v) is 6.76. The first-order valence-electron chi connectivity index (χ1n) is 8.87. The lowest BCUT2D eigenvalue weighted by Gasteiger charge is -2.32. The third kappa shape index (κ3) is 4.88. The maximum Gasteiger partial charge on any atom is 0.243 e. The van der Waals surface area contributed by atoms with E-state index in [1.54, 1.807) is 13.0 Å². The molecule has 1 heterocycles. The third-order valence-electron chi connectivity index (χ3n) is 4.60. The Labute approximate surface area is 163 Å². The predicted molar refractivity (Wildman–Crippen MR) is 102 cm³/mol. The average Bonchev–Trinajstić information content (AvgIpc) is 3.05. The highest BCUT2D eigenvalue weighted by atomic mass is 35.5. The van der Waals surface area contributed by atoms with Crippen LogP contribution in [0.5, 0.6) is 0 Å². The fourth-order valence-electron chi connectivity index (χ4n) is 3.27. The number of rotatable bonds is 6. The van der Waals surface area contributed by atoms with Crippen LogP contribution in [0.4, 0.5) is 5.82 Å². The number of halogens is 1. The van der Waals surface area contributed by atoms with Crippen molar-refractivity contribution in [2.45, 2.75) is 50.0 Å². The van der Waals surface area contributed by atoms with E-state index < -0.39 is 15.9 Å².